The Morgan fingerprint density at radius 1 is 1.24 bits per heavy atom. The average Bonchev–Trinajstić information content (AvgIpc) is 3.10. The van der Waals surface area contributed by atoms with Gasteiger partial charge >= 0.3 is 0 Å². The number of rotatable bonds is 4. The van der Waals surface area contributed by atoms with Crippen molar-refractivity contribution in [1.82, 2.24) is 14.9 Å². The van der Waals surface area contributed by atoms with Gasteiger partial charge in [0.15, 0.2) is 5.82 Å². The molecule has 0 aliphatic heterocycles. The number of thiophene rings is 1. The predicted molar refractivity (Wildman–Crippen MR) is 80.7 cm³/mol. The van der Waals surface area contributed by atoms with E-state index >= 15 is 0 Å². The van der Waals surface area contributed by atoms with E-state index < -0.39 is 4.92 Å². The number of hydrogen-bond acceptors (Lipinski definition) is 7. The second-order valence-corrected chi connectivity index (χ2v) is 5.94. The van der Waals surface area contributed by atoms with Crippen LogP contribution in [0.4, 0.5) is 5.69 Å². The summed E-state index contributed by atoms with van der Waals surface area (Å²) in [5, 5.41) is 21.4. The van der Waals surface area contributed by atoms with Crippen molar-refractivity contribution in [2.75, 3.05) is 5.84 Å². The van der Waals surface area contributed by atoms with Gasteiger partial charge in [-0.05, 0) is 29.3 Å². The molecule has 0 saturated heterocycles. The Labute approximate surface area is 127 Å². The first-order chi connectivity index (χ1) is 10.2. The normalized spacial score (nSPS) is 10.7. The maximum atomic E-state index is 11.0. The second-order valence-electron chi connectivity index (χ2n) is 3.98. The van der Waals surface area contributed by atoms with E-state index in [4.69, 9.17) is 5.84 Å². The van der Waals surface area contributed by atoms with Gasteiger partial charge in [0.2, 0.25) is 5.16 Å². The summed E-state index contributed by atoms with van der Waals surface area (Å²) >= 11 is 2.61. The lowest BCUT2D eigenvalue weighted by atomic mass is 10.3. The molecule has 3 rings (SSSR count). The van der Waals surface area contributed by atoms with Crippen molar-refractivity contribution in [3.8, 4) is 10.7 Å². The molecule has 2 aromatic heterocycles. The topological polar surface area (TPSA) is 99.9 Å². The van der Waals surface area contributed by atoms with Gasteiger partial charge in [-0.15, -0.1) is 21.5 Å². The van der Waals surface area contributed by atoms with Gasteiger partial charge in [-0.3, -0.25) is 10.1 Å². The molecule has 0 aliphatic carbocycles. The van der Waals surface area contributed by atoms with Gasteiger partial charge < -0.3 is 5.84 Å². The summed E-state index contributed by atoms with van der Waals surface area (Å²) in [5.41, 5.74) is 0.0168. The van der Waals surface area contributed by atoms with Gasteiger partial charge in [0.1, 0.15) is 0 Å². The van der Waals surface area contributed by atoms with E-state index in [1.54, 1.807) is 18.2 Å². The number of nitrogens with zero attached hydrogens (tertiary/aromatic N) is 4. The maximum Gasteiger partial charge on any atom is 0.283 e. The summed E-state index contributed by atoms with van der Waals surface area (Å²) in [5.74, 6) is 6.51. The highest BCUT2D eigenvalue weighted by Gasteiger charge is 2.18. The fourth-order valence-corrected chi connectivity index (χ4v) is 3.28. The van der Waals surface area contributed by atoms with Gasteiger partial charge in [0, 0.05) is 6.07 Å². The van der Waals surface area contributed by atoms with Crippen LogP contribution in [0.5, 0.6) is 0 Å². The van der Waals surface area contributed by atoms with Crippen LogP contribution in [0, 0.1) is 10.1 Å². The van der Waals surface area contributed by atoms with Crippen molar-refractivity contribution in [2.45, 2.75) is 10.1 Å². The molecule has 2 N–H and O–H groups in total. The number of nitro benzene ring substituents is 1. The van der Waals surface area contributed by atoms with Crippen molar-refractivity contribution >= 4 is 28.8 Å². The summed E-state index contributed by atoms with van der Waals surface area (Å²) in [6.45, 7) is 0. The van der Waals surface area contributed by atoms with Crippen LogP contribution in [0.15, 0.2) is 51.8 Å². The molecule has 0 fully saturated rings. The van der Waals surface area contributed by atoms with Crippen LogP contribution in [-0.4, -0.2) is 19.8 Å². The largest absolute Gasteiger partial charge is 0.335 e. The fourth-order valence-electron chi connectivity index (χ4n) is 1.71. The predicted octanol–water partition coefficient (Wildman–Crippen LogP) is 2.78. The molecule has 0 spiro atoms. The van der Waals surface area contributed by atoms with E-state index in [1.165, 1.54) is 22.1 Å². The molecule has 9 heteroatoms. The Hall–Kier alpha value is -2.39. The molecule has 0 saturated carbocycles. The third kappa shape index (κ3) is 2.60. The zero-order valence-corrected chi connectivity index (χ0v) is 12.2. The van der Waals surface area contributed by atoms with Gasteiger partial charge in [-0.25, -0.2) is 4.68 Å². The zero-order valence-electron chi connectivity index (χ0n) is 10.5. The summed E-state index contributed by atoms with van der Waals surface area (Å²) in [6.07, 6.45) is 0. The number of para-hydroxylation sites is 1. The summed E-state index contributed by atoms with van der Waals surface area (Å²) in [6, 6.07) is 10.2. The third-order valence-corrected chi connectivity index (χ3v) is 4.56. The van der Waals surface area contributed by atoms with E-state index in [2.05, 4.69) is 10.2 Å². The van der Waals surface area contributed by atoms with E-state index in [0.717, 1.165) is 16.6 Å². The number of nitro groups is 1. The molecule has 106 valence electrons. The minimum Gasteiger partial charge on any atom is -0.335 e. The van der Waals surface area contributed by atoms with Crippen molar-refractivity contribution in [2.24, 2.45) is 0 Å². The highest BCUT2D eigenvalue weighted by Crippen LogP contribution is 2.34. The van der Waals surface area contributed by atoms with Crippen LogP contribution in [0.2, 0.25) is 0 Å². The highest BCUT2D eigenvalue weighted by atomic mass is 32.2. The van der Waals surface area contributed by atoms with Gasteiger partial charge in [0.25, 0.3) is 5.69 Å². The lowest BCUT2D eigenvalue weighted by molar-refractivity contribution is -0.387. The summed E-state index contributed by atoms with van der Waals surface area (Å²) in [4.78, 5) is 11.9. The van der Waals surface area contributed by atoms with E-state index in [-0.39, 0.29) is 5.69 Å². The van der Waals surface area contributed by atoms with Crippen molar-refractivity contribution in [3.63, 3.8) is 0 Å². The smallest absolute Gasteiger partial charge is 0.283 e. The first kappa shape index (κ1) is 13.6. The number of nitrogens with two attached hydrogens (primary N) is 1. The first-order valence-electron chi connectivity index (χ1n) is 5.82. The molecule has 2 heterocycles. The zero-order chi connectivity index (χ0) is 14.8. The molecular formula is C12H9N5O2S2. The Bertz CT molecular complexity index is 785. The standard InChI is InChI=1S/C12H9N5O2S2/c13-16-11(10-6-3-7-20-10)14-15-12(16)21-9-5-2-1-4-8(9)17(18)19/h1-7H,13H2. The SMILES string of the molecule is Nn1c(Sc2ccccc2[N+](=O)[O-])nnc1-c1cccs1. The Balaban J connectivity index is 1.95. The summed E-state index contributed by atoms with van der Waals surface area (Å²) in [7, 11) is 0. The van der Waals surface area contributed by atoms with E-state index in [0.29, 0.717) is 15.9 Å². The quantitative estimate of drug-likeness (QED) is 0.451. The Kier molecular flexibility index (Phi) is 3.59. The van der Waals surface area contributed by atoms with Crippen LogP contribution in [0.1, 0.15) is 0 Å². The fraction of sp³-hybridized carbons (Fsp3) is 0. The van der Waals surface area contributed by atoms with Crippen LogP contribution >= 0.6 is 23.1 Å². The lowest BCUT2D eigenvalue weighted by Gasteiger charge is -2.03. The molecule has 7 nitrogen and oxygen atoms in total. The second kappa shape index (κ2) is 5.54. The van der Waals surface area contributed by atoms with E-state index in [1.807, 2.05) is 17.5 Å². The lowest BCUT2D eigenvalue weighted by Crippen LogP contribution is -2.11. The minimum atomic E-state index is -0.431. The molecule has 0 atom stereocenters. The molecule has 0 radical (unpaired) electrons. The van der Waals surface area contributed by atoms with Crippen molar-refractivity contribution in [3.05, 3.63) is 51.9 Å². The van der Waals surface area contributed by atoms with Crippen LogP contribution in [0.3, 0.4) is 0 Å². The number of hydrogen-bond donors (Lipinski definition) is 1. The van der Waals surface area contributed by atoms with Gasteiger partial charge in [-0.1, -0.05) is 18.2 Å². The molecule has 0 amide bonds. The molecule has 0 unspecified atom stereocenters. The van der Waals surface area contributed by atoms with Crippen molar-refractivity contribution in [1.29, 1.82) is 0 Å². The third-order valence-electron chi connectivity index (χ3n) is 2.67. The number of nitrogen functional groups attached to an aromatic ring is 1. The molecule has 21 heavy (non-hydrogen) atoms. The number of aromatic nitrogens is 3. The highest BCUT2D eigenvalue weighted by molar-refractivity contribution is 7.99. The van der Waals surface area contributed by atoms with Crippen molar-refractivity contribution < 1.29 is 4.92 Å². The minimum absolute atomic E-state index is 0.0168. The molecule has 1 aromatic carbocycles. The van der Waals surface area contributed by atoms with Gasteiger partial charge in [-0.2, -0.15) is 0 Å². The van der Waals surface area contributed by atoms with Crippen LogP contribution in [-0.2, 0) is 0 Å². The molecular weight excluding hydrogens is 310 g/mol. The molecule has 0 aliphatic rings. The molecule has 3 aromatic rings. The summed E-state index contributed by atoms with van der Waals surface area (Å²) < 4.78 is 1.34. The van der Waals surface area contributed by atoms with Crippen LogP contribution in [0.25, 0.3) is 10.7 Å². The van der Waals surface area contributed by atoms with Crippen LogP contribution < -0.4 is 5.84 Å². The molecule has 0 bridgehead atoms. The van der Waals surface area contributed by atoms with Gasteiger partial charge in [0.05, 0.1) is 14.7 Å². The van der Waals surface area contributed by atoms with E-state index in [9.17, 15) is 10.1 Å². The first-order valence-corrected chi connectivity index (χ1v) is 7.52. The monoisotopic (exact) mass is 319 g/mol. The number of benzene rings is 1. The Morgan fingerprint density at radius 2 is 2.05 bits per heavy atom. The maximum absolute atomic E-state index is 11.0. The average molecular weight is 319 g/mol. The Morgan fingerprint density at radius 3 is 2.76 bits per heavy atom.